The molecule has 1 aliphatic rings. The second-order valence-electron chi connectivity index (χ2n) is 3.92. The van der Waals surface area contributed by atoms with E-state index in [-0.39, 0.29) is 0 Å². The van der Waals surface area contributed by atoms with Gasteiger partial charge in [0.25, 0.3) is 0 Å². The molecule has 0 aliphatic heterocycles. The molecule has 0 spiro atoms. The number of aromatic nitrogens is 4. The zero-order valence-electron chi connectivity index (χ0n) is 8.39. The molecule has 0 atom stereocenters. The summed E-state index contributed by atoms with van der Waals surface area (Å²) in [7, 11) is 3.90. The molecule has 1 fully saturated rings. The molecule has 0 N–H and O–H groups in total. The summed E-state index contributed by atoms with van der Waals surface area (Å²) in [6.45, 7) is 1.04. The number of alkyl halides is 1. The van der Waals surface area contributed by atoms with Gasteiger partial charge in [-0.1, -0.05) is 21.0 Å². The van der Waals surface area contributed by atoms with Crippen LogP contribution in [0.2, 0.25) is 0 Å². The zero-order chi connectivity index (χ0) is 10.1. The highest BCUT2D eigenvalue weighted by molar-refractivity contribution is 9.09. The summed E-state index contributed by atoms with van der Waals surface area (Å²) < 4.78 is 1.70. The SMILES string of the molecule is CN(CC1CC(Br)C1)c1nnnn1C. The first kappa shape index (κ1) is 9.89. The van der Waals surface area contributed by atoms with E-state index < -0.39 is 0 Å². The van der Waals surface area contributed by atoms with E-state index in [1.165, 1.54) is 12.8 Å². The van der Waals surface area contributed by atoms with Crippen molar-refractivity contribution in [2.24, 2.45) is 13.0 Å². The average Bonchev–Trinajstić information content (AvgIpc) is 2.48. The first-order valence-corrected chi connectivity index (χ1v) is 5.66. The Bertz CT molecular complexity index is 306. The zero-order valence-corrected chi connectivity index (χ0v) is 9.98. The summed E-state index contributed by atoms with van der Waals surface area (Å²) in [4.78, 5) is 2.84. The minimum Gasteiger partial charge on any atom is -0.342 e. The van der Waals surface area contributed by atoms with Gasteiger partial charge in [0, 0.05) is 25.5 Å². The molecule has 6 heteroatoms. The van der Waals surface area contributed by atoms with Gasteiger partial charge in [0.05, 0.1) is 0 Å². The fraction of sp³-hybridized carbons (Fsp3) is 0.875. The van der Waals surface area contributed by atoms with Crippen LogP contribution < -0.4 is 4.90 Å². The van der Waals surface area contributed by atoms with E-state index in [0.717, 1.165) is 23.2 Å². The van der Waals surface area contributed by atoms with Crippen LogP contribution >= 0.6 is 15.9 Å². The Morgan fingerprint density at radius 3 is 2.79 bits per heavy atom. The van der Waals surface area contributed by atoms with Crippen molar-refractivity contribution < 1.29 is 0 Å². The summed E-state index contributed by atoms with van der Waals surface area (Å²) in [6.07, 6.45) is 2.52. The Kier molecular flexibility index (Phi) is 2.71. The fourth-order valence-corrected chi connectivity index (χ4v) is 2.88. The first-order chi connectivity index (χ1) is 6.66. The Morgan fingerprint density at radius 1 is 1.57 bits per heavy atom. The lowest BCUT2D eigenvalue weighted by Crippen LogP contribution is -2.35. The van der Waals surface area contributed by atoms with E-state index in [1.807, 2.05) is 14.1 Å². The largest absolute Gasteiger partial charge is 0.342 e. The molecule has 1 aliphatic carbocycles. The molecule has 0 unspecified atom stereocenters. The number of tetrazole rings is 1. The molecule has 2 rings (SSSR count). The Morgan fingerprint density at radius 2 is 2.29 bits per heavy atom. The number of halogens is 1. The van der Waals surface area contributed by atoms with E-state index in [1.54, 1.807) is 4.68 Å². The second kappa shape index (κ2) is 3.84. The van der Waals surface area contributed by atoms with Gasteiger partial charge >= 0.3 is 0 Å². The molecule has 0 amide bonds. The van der Waals surface area contributed by atoms with Gasteiger partial charge in [0.2, 0.25) is 5.95 Å². The lowest BCUT2D eigenvalue weighted by molar-refractivity contribution is 0.337. The van der Waals surface area contributed by atoms with Crippen molar-refractivity contribution in [1.82, 2.24) is 20.2 Å². The Hall–Kier alpha value is -0.650. The molecule has 5 nitrogen and oxygen atoms in total. The van der Waals surface area contributed by atoms with Gasteiger partial charge in [-0.3, -0.25) is 0 Å². The van der Waals surface area contributed by atoms with E-state index in [9.17, 15) is 0 Å². The number of anilines is 1. The molecule has 0 saturated heterocycles. The van der Waals surface area contributed by atoms with Crippen LogP contribution in [-0.4, -0.2) is 38.6 Å². The summed E-state index contributed by atoms with van der Waals surface area (Å²) in [6, 6.07) is 0. The van der Waals surface area contributed by atoms with Crippen molar-refractivity contribution in [1.29, 1.82) is 0 Å². The van der Waals surface area contributed by atoms with Gasteiger partial charge in [0.1, 0.15) is 0 Å². The van der Waals surface area contributed by atoms with Crippen molar-refractivity contribution in [3.63, 3.8) is 0 Å². The lowest BCUT2D eigenvalue weighted by atomic mass is 9.85. The highest BCUT2D eigenvalue weighted by Crippen LogP contribution is 2.33. The van der Waals surface area contributed by atoms with Crippen molar-refractivity contribution in [2.45, 2.75) is 17.7 Å². The number of hydrogen-bond donors (Lipinski definition) is 0. The van der Waals surface area contributed by atoms with Crippen molar-refractivity contribution in [2.75, 3.05) is 18.5 Å². The maximum absolute atomic E-state index is 3.96. The molecule has 1 heterocycles. The van der Waals surface area contributed by atoms with E-state index in [0.29, 0.717) is 0 Å². The van der Waals surface area contributed by atoms with Crippen molar-refractivity contribution in [3.8, 4) is 0 Å². The van der Waals surface area contributed by atoms with Gasteiger partial charge in [-0.25, -0.2) is 4.68 Å². The fourth-order valence-electron chi connectivity index (χ4n) is 1.82. The molecule has 1 aromatic heterocycles. The summed E-state index contributed by atoms with van der Waals surface area (Å²) in [5.74, 6) is 1.61. The monoisotopic (exact) mass is 259 g/mol. The third-order valence-electron chi connectivity index (χ3n) is 2.65. The number of aryl methyl sites for hydroxylation is 1. The number of rotatable bonds is 3. The smallest absolute Gasteiger partial charge is 0.245 e. The molecule has 0 radical (unpaired) electrons. The summed E-state index contributed by atoms with van der Waals surface area (Å²) >= 11 is 3.59. The molecule has 14 heavy (non-hydrogen) atoms. The number of hydrogen-bond acceptors (Lipinski definition) is 4. The predicted molar refractivity (Wildman–Crippen MR) is 57.5 cm³/mol. The van der Waals surface area contributed by atoms with Gasteiger partial charge in [-0.15, -0.1) is 0 Å². The molecule has 0 bridgehead atoms. The van der Waals surface area contributed by atoms with Gasteiger partial charge in [0.15, 0.2) is 0 Å². The van der Waals surface area contributed by atoms with Crippen LogP contribution in [-0.2, 0) is 7.05 Å². The standard InChI is InChI=1S/C8H14BrN5/c1-13(5-6-3-7(9)4-6)8-10-11-12-14(8)2/h6-7H,3-5H2,1-2H3. The predicted octanol–water partition coefficient (Wildman–Crippen LogP) is 0.820. The van der Waals surface area contributed by atoms with Crippen LogP contribution in [0, 0.1) is 5.92 Å². The second-order valence-corrected chi connectivity index (χ2v) is 5.21. The van der Waals surface area contributed by atoms with Crippen LogP contribution in [0.15, 0.2) is 0 Å². The maximum Gasteiger partial charge on any atom is 0.245 e. The van der Waals surface area contributed by atoms with E-state index in [4.69, 9.17) is 0 Å². The lowest BCUT2D eigenvalue weighted by Gasteiger charge is -2.34. The normalized spacial score (nSPS) is 25.9. The van der Waals surface area contributed by atoms with Gasteiger partial charge in [-0.2, -0.15) is 0 Å². The summed E-state index contributed by atoms with van der Waals surface area (Å²) in [5, 5.41) is 11.4. The Balaban J connectivity index is 1.90. The molecule has 1 aromatic rings. The van der Waals surface area contributed by atoms with Crippen molar-refractivity contribution in [3.05, 3.63) is 0 Å². The van der Waals surface area contributed by atoms with E-state index >= 15 is 0 Å². The maximum atomic E-state index is 3.96. The molecule has 0 aromatic carbocycles. The van der Waals surface area contributed by atoms with Gasteiger partial charge in [-0.05, 0) is 29.2 Å². The van der Waals surface area contributed by atoms with Crippen LogP contribution in [0.5, 0.6) is 0 Å². The van der Waals surface area contributed by atoms with Crippen LogP contribution in [0.25, 0.3) is 0 Å². The van der Waals surface area contributed by atoms with Crippen LogP contribution in [0.1, 0.15) is 12.8 Å². The van der Waals surface area contributed by atoms with Crippen LogP contribution in [0.3, 0.4) is 0 Å². The highest BCUT2D eigenvalue weighted by atomic mass is 79.9. The van der Waals surface area contributed by atoms with Crippen molar-refractivity contribution >= 4 is 21.9 Å². The average molecular weight is 260 g/mol. The minimum absolute atomic E-state index is 0.721. The number of nitrogens with zero attached hydrogens (tertiary/aromatic N) is 5. The molecule has 1 saturated carbocycles. The van der Waals surface area contributed by atoms with E-state index in [2.05, 4.69) is 36.4 Å². The minimum atomic E-state index is 0.721. The summed E-state index contributed by atoms with van der Waals surface area (Å²) in [5.41, 5.74) is 0. The first-order valence-electron chi connectivity index (χ1n) is 4.74. The molecule has 78 valence electrons. The molecular formula is C8H14BrN5. The van der Waals surface area contributed by atoms with Gasteiger partial charge < -0.3 is 4.90 Å². The highest BCUT2D eigenvalue weighted by Gasteiger charge is 2.28. The Labute approximate surface area is 91.6 Å². The topological polar surface area (TPSA) is 46.8 Å². The quantitative estimate of drug-likeness (QED) is 0.755. The third-order valence-corrected chi connectivity index (χ3v) is 3.40. The van der Waals surface area contributed by atoms with Crippen LogP contribution in [0.4, 0.5) is 5.95 Å². The molecular weight excluding hydrogens is 246 g/mol. The third kappa shape index (κ3) is 1.89.